The number of nitrogens with zero attached hydrogens (tertiary/aromatic N) is 4. The van der Waals surface area contributed by atoms with Crippen LogP contribution in [-0.2, 0) is 10.3 Å². The van der Waals surface area contributed by atoms with Crippen LogP contribution in [0, 0.1) is 17.2 Å². The Morgan fingerprint density at radius 3 is 2.71 bits per heavy atom. The number of nitrogens with one attached hydrogen (secondary N) is 3. The summed E-state index contributed by atoms with van der Waals surface area (Å²) < 4.78 is 5.72. The molecule has 2 aliphatic rings. The van der Waals surface area contributed by atoms with Gasteiger partial charge in [0.1, 0.15) is 11.8 Å². The van der Waals surface area contributed by atoms with E-state index in [9.17, 15) is 4.79 Å². The molecule has 9 nitrogen and oxygen atoms in total. The molecule has 1 aromatic heterocycles. The number of aromatic amines is 1. The number of anilines is 2. The molecule has 0 spiro atoms. The summed E-state index contributed by atoms with van der Waals surface area (Å²) in [7, 11) is 4.17. The minimum Gasteiger partial charge on any atom is -0.381 e. The average Bonchev–Trinajstić information content (AvgIpc) is 3.35. The van der Waals surface area contributed by atoms with E-state index in [0.29, 0.717) is 5.92 Å². The normalized spacial score (nSPS) is 18.4. The number of ether oxygens (including phenoxy) is 1. The maximum absolute atomic E-state index is 12.9. The predicted molar refractivity (Wildman–Crippen MR) is 137 cm³/mol. The van der Waals surface area contributed by atoms with Gasteiger partial charge in [0.05, 0.1) is 17.6 Å². The Hall–Kier alpha value is -2.93. The molecule has 1 aromatic carbocycles. The summed E-state index contributed by atoms with van der Waals surface area (Å²) >= 11 is 0. The van der Waals surface area contributed by atoms with Gasteiger partial charge >= 0.3 is 0 Å². The van der Waals surface area contributed by atoms with Crippen molar-refractivity contribution in [2.75, 3.05) is 63.7 Å². The van der Waals surface area contributed by atoms with E-state index in [2.05, 4.69) is 63.6 Å². The molecule has 9 heteroatoms. The summed E-state index contributed by atoms with van der Waals surface area (Å²) in [5.41, 5.74) is 3.14. The maximum atomic E-state index is 12.9. The van der Waals surface area contributed by atoms with Crippen LogP contribution >= 0.6 is 0 Å². The first-order chi connectivity index (χ1) is 16.9. The van der Waals surface area contributed by atoms with Crippen molar-refractivity contribution in [1.29, 1.82) is 5.26 Å². The minimum absolute atomic E-state index is 0.134. The van der Waals surface area contributed by atoms with Gasteiger partial charge in [-0.1, -0.05) is 13.0 Å². The van der Waals surface area contributed by atoms with Gasteiger partial charge in [0.25, 0.3) is 5.91 Å². The van der Waals surface area contributed by atoms with Gasteiger partial charge in [-0.05, 0) is 63.4 Å². The highest BCUT2D eigenvalue weighted by Crippen LogP contribution is 2.38. The number of hydrogen-bond acceptors (Lipinski definition) is 7. The largest absolute Gasteiger partial charge is 0.381 e. The Bertz CT molecular complexity index is 1040. The molecule has 0 bridgehead atoms. The van der Waals surface area contributed by atoms with Gasteiger partial charge in [0.15, 0.2) is 5.82 Å². The molecule has 0 atom stereocenters. The number of H-pyrrole nitrogens is 1. The fourth-order valence-corrected chi connectivity index (χ4v) is 4.93. The van der Waals surface area contributed by atoms with E-state index in [1.807, 2.05) is 12.1 Å². The van der Waals surface area contributed by atoms with Crippen molar-refractivity contribution >= 4 is 17.3 Å². The number of likely N-dealkylation sites (N-methyl/N-ethyl adjacent to an activating group) is 1. The number of carbonyl (C=O) groups excluding carboxylic acids is 1. The quantitative estimate of drug-likeness (QED) is 0.534. The lowest BCUT2D eigenvalue weighted by Gasteiger charge is -2.40. The number of piperidine rings is 1. The lowest BCUT2D eigenvalue weighted by molar-refractivity contribution is 0.0361. The second kappa shape index (κ2) is 11.2. The third-order valence-corrected chi connectivity index (χ3v) is 7.20. The standard InChI is InChI=1S/C26H37N7O2/c1-19-6-11-33(12-7-19)23-16-20(26(8-14-35-15-9-26)29-10-13-32(2)3)4-5-22(23)31-25(34)24-28-18-21(17-27)30-24/h4-5,16,18-19,29H,6-15H2,1-3H3,(H,28,30)(H,31,34). The molecule has 2 aliphatic heterocycles. The second-order valence-electron chi connectivity index (χ2n) is 10.0. The van der Waals surface area contributed by atoms with Crippen LogP contribution in [0.1, 0.15) is 54.5 Å². The maximum Gasteiger partial charge on any atom is 0.291 e. The summed E-state index contributed by atoms with van der Waals surface area (Å²) in [5.74, 6) is 0.486. The summed E-state index contributed by atoms with van der Waals surface area (Å²) in [6.45, 7) is 7.51. The summed E-state index contributed by atoms with van der Waals surface area (Å²) in [6, 6.07) is 8.37. The Labute approximate surface area is 207 Å². The second-order valence-corrected chi connectivity index (χ2v) is 10.0. The lowest BCUT2D eigenvalue weighted by atomic mass is 9.82. The van der Waals surface area contributed by atoms with Crippen molar-refractivity contribution in [2.45, 2.75) is 38.1 Å². The number of hydrogen-bond donors (Lipinski definition) is 3. The molecule has 2 saturated heterocycles. The highest BCUT2D eigenvalue weighted by Gasteiger charge is 2.35. The topological polar surface area (TPSA) is 109 Å². The smallest absolute Gasteiger partial charge is 0.291 e. The van der Waals surface area contributed by atoms with E-state index >= 15 is 0 Å². The Balaban J connectivity index is 1.65. The Morgan fingerprint density at radius 2 is 2.06 bits per heavy atom. The first kappa shape index (κ1) is 25.2. The third kappa shape index (κ3) is 6.01. The van der Waals surface area contributed by atoms with Crippen LogP contribution in [0.15, 0.2) is 24.4 Å². The number of carbonyl (C=O) groups is 1. The summed E-state index contributed by atoms with van der Waals surface area (Å²) in [4.78, 5) is 24.3. The molecule has 0 unspecified atom stereocenters. The van der Waals surface area contributed by atoms with Gasteiger partial charge in [-0.15, -0.1) is 0 Å². The van der Waals surface area contributed by atoms with Crippen LogP contribution in [0.4, 0.5) is 11.4 Å². The average molecular weight is 480 g/mol. The summed E-state index contributed by atoms with van der Waals surface area (Å²) in [5, 5.41) is 15.9. The molecule has 4 rings (SSSR count). The molecule has 2 fully saturated rings. The van der Waals surface area contributed by atoms with E-state index in [1.165, 1.54) is 11.8 Å². The molecule has 35 heavy (non-hydrogen) atoms. The molecule has 0 radical (unpaired) electrons. The van der Waals surface area contributed by atoms with Crippen molar-refractivity contribution in [1.82, 2.24) is 20.2 Å². The first-order valence-corrected chi connectivity index (χ1v) is 12.5. The Kier molecular flexibility index (Phi) is 8.06. The number of rotatable bonds is 8. The molecule has 3 heterocycles. The monoisotopic (exact) mass is 479 g/mol. The fourth-order valence-electron chi connectivity index (χ4n) is 4.93. The van der Waals surface area contributed by atoms with Crippen LogP contribution in [-0.4, -0.2) is 74.3 Å². The third-order valence-electron chi connectivity index (χ3n) is 7.20. The molecule has 1 amide bonds. The highest BCUT2D eigenvalue weighted by atomic mass is 16.5. The van der Waals surface area contributed by atoms with E-state index < -0.39 is 0 Å². The number of imidazole rings is 1. The van der Waals surface area contributed by atoms with Crippen molar-refractivity contribution in [3.05, 3.63) is 41.5 Å². The van der Waals surface area contributed by atoms with Crippen molar-refractivity contribution < 1.29 is 9.53 Å². The van der Waals surface area contributed by atoms with Gasteiger partial charge in [0, 0.05) is 44.9 Å². The van der Waals surface area contributed by atoms with Crippen molar-refractivity contribution in [2.24, 2.45) is 5.92 Å². The zero-order chi connectivity index (χ0) is 24.8. The molecule has 188 valence electrons. The summed E-state index contributed by atoms with van der Waals surface area (Å²) in [6.07, 6.45) is 5.44. The number of nitriles is 1. The van der Waals surface area contributed by atoms with Crippen molar-refractivity contribution in [3.8, 4) is 6.07 Å². The van der Waals surface area contributed by atoms with Crippen LogP contribution in [0.5, 0.6) is 0 Å². The zero-order valence-corrected chi connectivity index (χ0v) is 21.1. The predicted octanol–water partition coefficient (Wildman–Crippen LogP) is 2.93. The molecule has 0 saturated carbocycles. The van der Waals surface area contributed by atoms with Crippen LogP contribution < -0.4 is 15.5 Å². The lowest BCUT2D eigenvalue weighted by Crippen LogP contribution is -2.48. The highest BCUT2D eigenvalue weighted by molar-refractivity contribution is 6.03. The van der Waals surface area contributed by atoms with Gasteiger partial charge in [-0.3, -0.25) is 4.79 Å². The van der Waals surface area contributed by atoms with E-state index in [4.69, 9.17) is 10.00 Å². The van der Waals surface area contributed by atoms with Crippen molar-refractivity contribution in [3.63, 3.8) is 0 Å². The number of aromatic nitrogens is 2. The van der Waals surface area contributed by atoms with Gasteiger partial charge < -0.3 is 30.2 Å². The number of amides is 1. The zero-order valence-electron chi connectivity index (χ0n) is 21.1. The number of benzene rings is 1. The molecular formula is C26H37N7O2. The van der Waals surface area contributed by atoms with Gasteiger partial charge in [0.2, 0.25) is 0 Å². The van der Waals surface area contributed by atoms with Crippen LogP contribution in [0.25, 0.3) is 0 Å². The fraction of sp³-hybridized carbons (Fsp3) is 0.577. The first-order valence-electron chi connectivity index (χ1n) is 12.5. The van der Waals surface area contributed by atoms with E-state index in [1.54, 1.807) is 0 Å². The molecule has 2 aromatic rings. The SMILES string of the molecule is CC1CCN(c2cc(C3(NCCN(C)C)CCOCC3)ccc2NC(=O)c2ncc(C#N)[nH]2)CC1. The van der Waals surface area contributed by atoms with E-state index in [0.717, 1.165) is 76.5 Å². The molecular weight excluding hydrogens is 442 g/mol. The van der Waals surface area contributed by atoms with Crippen LogP contribution in [0.3, 0.4) is 0 Å². The van der Waals surface area contributed by atoms with Gasteiger partial charge in [-0.2, -0.15) is 5.26 Å². The van der Waals surface area contributed by atoms with Crippen LogP contribution in [0.2, 0.25) is 0 Å². The van der Waals surface area contributed by atoms with E-state index in [-0.39, 0.29) is 23.0 Å². The molecule has 0 aliphatic carbocycles. The molecule has 3 N–H and O–H groups in total. The Morgan fingerprint density at radius 1 is 1.31 bits per heavy atom. The minimum atomic E-state index is -0.351. The van der Waals surface area contributed by atoms with Gasteiger partial charge in [-0.25, -0.2) is 4.98 Å².